The monoisotopic (exact) mass is 509 g/mol. The summed E-state index contributed by atoms with van der Waals surface area (Å²) in [6.07, 6.45) is 7.57. The molecule has 0 saturated carbocycles. The lowest BCUT2D eigenvalue weighted by Crippen LogP contribution is -2.25. The predicted molar refractivity (Wildman–Crippen MR) is 134 cm³/mol. The quantitative estimate of drug-likeness (QED) is 0.364. The first kappa shape index (κ1) is 24.8. The van der Waals surface area contributed by atoms with Crippen LogP contribution in [0.1, 0.15) is 26.7 Å². The minimum Gasteiger partial charge on any atom is -0.489 e. The molecule has 1 aromatic carbocycles. The van der Waals surface area contributed by atoms with Gasteiger partial charge in [-0.3, -0.25) is 9.58 Å². The van der Waals surface area contributed by atoms with E-state index >= 15 is 4.39 Å². The van der Waals surface area contributed by atoms with E-state index in [1.54, 1.807) is 18.5 Å². The molecule has 1 aliphatic rings. The standard InChI is InChI=1S/C25H29F2N9O/c1-16(2)14-35-15-18(13-30-35)17-11-19(24(28)29-12-17)25-31-32-33-36(25)20-5-6-21(23(27)22(20)26)37-10-9-34-7-3-4-8-34/h5-6,11-13,15-16H,3-4,7-10,14H2,1-2H3,(H2,28,29). The van der Waals surface area contributed by atoms with Gasteiger partial charge in [-0.25, -0.2) is 9.37 Å². The Bertz CT molecular complexity index is 1380. The molecule has 0 bridgehead atoms. The van der Waals surface area contributed by atoms with Crippen LogP contribution in [0.15, 0.2) is 36.8 Å². The number of aromatic nitrogens is 7. The van der Waals surface area contributed by atoms with Gasteiger partial charge in [-0.05, 0) is 60.5 Å². The van der Waals surface area contributed by atoms with Crippen LogP contribution in [0.5, 0.6) is 5.75 Å². The number of nitrogens with two attached hydrogens (primary N) is 1. The summed E-state index contributed by atoms with van der Waals surface area (Å²) in [4.78, 5) is 6.51. The molecule has 0 aliphatic carbocycles. The Kier molecular flexibility index (Phi) is 7.08. The zero-order valence-corrected chi connectivity index (χ0v) is 20.8. The molecule has 1 aliphatic heterocycles. The van der Waals surface area contributed by atoms with E-state index in [0.29, 0.717) is 18.0 Å². The van der Waals surface area contributed by atoms with Crippen molar-refractivity contribution in [1.82, 2.24) is 39.9 Å². The van der Waals surface area contributed by atoms with Gasteiger partial charge in [0.15, 0.2) is 17.4 Å². The number of halogens is 2. The van der Waals surface area contributed by atoms with Crippen LogP contribution >= 0.6 is 0 Å². The number of likely N-dealkylation sites (tertiary alicyclic amines) is 1. The normalized spacial score (nSPS) is 14.1. The van der Waals surface area contributed by atoms with E-state index in [2.05, 4.69) is 44.4 Å². The summed E-state index contributed by atoms with van der Waals surface area (Å²) in [6.45, 7) is 7.93. The lowest BCUT2D eigenvalue weighted by molar-refractivity contribution is 0.229. The van der Waals surface area contributed by atoms with E-state index in [1.807, 2.05) is 10.9 Å². The number of hydrogen-bond donors (Lipinski definition) is 1. The van der Waals surface area contributed by atoms with E-state index < -0.39 is 11.6 Å². The van der Waals surface area contributed by atoms with Crippen molar-refractivity contribution in [2.24, 2.45) is 5.92 Å². The summed E-state index contributed by atoms with van der Waals surface area (Å²) in [5.41, 5.74) is 7.93. The van der Waals surface area contributed by atoms with Crippen LogP contribution in [0.3, 0.4) is 0 Å². The number of rotatable bonds is 9. The first-order valence-electron chi connectivity index (χ1n) is 12.3. The number of ether oxygens (including phenoxy) is 1. The van der Waals surface area contributed by atoms with Crippen molar-refractivity contribution >= 4 is 5.82 Å². The Labute approximate surface area is 213 Å². The Hall–Kier alpha value is -3.93. The Balaban J connectivity index is 1.41. The molecule has 4 aromatic rings. The summed E-state index contributed by atoms with van der Waals surface area (Å²) in [5, 5.41) is 16.0. The van der Waals surface area contributed by atoms with Crippen LogP contribution in [0, 0.1) is 17.6 Å². The summed E-state index contributed by atoms with van der Waals surface area (Å²) < 4.78 is 38.5. The molecule has 0 spiro atoms. The molecule has 0 atom stereocenters. The maximum absolute atomic E-state index is 15.2. The Morgan fingerprint density at radius 2 is 1.89 bits per heavy atom. The fourth-order valence-electron chi connectivity index (χ4n) is 4.40. The lowest BCUT2D eigenvalue weighted by Gasteiger charge is -2.16. The maximum Gasteiger partial charge on any atom is 0.202 e. The van der Waals surface area contributed by atoms with Crippen molar-refractivity contribution < 1.29 is 13.5 Å². The van der Waals surface area contributed by atoms with Gasteiger partial charge >= 0.3 is 0 Å². The number of nitrogen functional groups attached to an aromatic ring is 1. The minimum absolute atomic E-state index is 0.127. The lowest BCUT2D eigenvalue weighted by atomic mass is 10.1. The highest BCUT2D eigenvalue weighted by atomic mass is 19.2. The number of tetrazole rings is 1. The third-order valence-corrected chi connectivity index (χ3v) is 6.27. The van der Waals surface area contributed by atoms with Crippen molar-refractivity contribution in [2.45, 2.75) is 33.2 Å². The first-order chi connectivity index (χ1) is 17.9. The second-order valence-corrected chi connectivity index (χ2v) is 9.52. The van der Waals surface area contributed by atoms with Crippen molar-refractivity contribution in [3.63, 3.8) is 0 Å². The van der Waals surface area contributed by atoms with Crippen LogP contribution < -0.4 is 10.5 Å². The molecular formula is C25H29F2N9O. The molecule has 5 rings (SSSR count). The van der Waals surface area contributed by atoms with Crippen molar-refractivity contribution in [1.29, 1.82) is 0 Å². The number of pyridine rings is 1. The van der Waals surface area contributed by atoms with Crippen LogP contribution in [0.2, 0.25) is 0 Å². The van der Waals surface area contributed by atoms with Gasteiger partial charge in [0.2, 0.25) is 5.82 Å². The van der Waals surface area contributed by atoms with Gasteiger partial charge < -0.3 is 10.5 Å². The van der Waals surface area contributed by atoms with Gasteiger partial charge in [0.1, 0.15) is 18.1 Å². The predicted octanol–water partition coefficient (Wildman–Crippen LogP) is 3.58. The number of anilines is 1. The number of hydrogen-bond acceptors (Lipinski definition) is 8. The molecule has 2 N–H and O–H groups in total. The van der Waals surface area contributed by atoms with E-state index in [9.17, 15) is 4.39 Å². The van der Waals surface area contributed by atoms with Gasteiger partial charge in [0.25, 0.3) is 0 Å². The number of nitrogens with zero attached hydrogens (tertiary/aromatic N) is 8. The van der Waals surface area contributed by atoms with Gasteiger partial charge in [-0.15, -0.1) is 5.10 Å². The van der Waals surface area contributed by atoms with Crippen LogP contribution in [-0.4, -0.2) is 66.1 Å². The summed E-state index contributed by atoms with van der Waals surface area (Å²) in [7, 11) is 0. The third kappa shape index (κ3) is 5.29. The molecular weight excluding hydrogens is 480 g/mol. The molecule has 0 radical (unpaired) electrons. The number of benzene rings is 1. The highest BCUT2D eigenvalue weighted by molar-refractivity contribution is 5.76. The molecule has 10 nitrogen and oxygen atoms in total. The highest BCUT2D eigenvalue weighted by Gasteiger charge is 2.22. The average Bonchev–Trinajstić information content (AvgIpc) is 3.64. The molecule has 4 heterocycles. The molecule has 0 unspecified atom stereocenters. The molecule has 0 amide bonds. The molecule has 194 valence electrons. The molecule has 12 heteroatoms. The van der Waals surface area contributed by atoms with E-state index in [4.69, 9.17) is 10.5 Å². The van der Waals surface area contributed by atoms with Gasteiger partial charge in [-0.2, -0.15) is 14.2 Å². The molecule has 1 fully saturated rings. The fourth-order valence-corrected chi connectivity index (χ4v) is 4.40. The second kappa shape index (κ2) is 10.6. The zero-order chi connectivity index (χ0) is 25.9. The fraction of sp³-hybridized carbons (Fsp3) is 0.400. The highest BCUT2D eigenvalue weighted by Crippen LogP contribution is 2.31. The molecule has 37 heavy (non-hydrogen) atoms. The average molecular weight is 510 g/mol. The first-order valence-corrected chi connectivity index (χ1v) is 12.3. The topological polar surface area (TPSA) is 113 Å². The van der Waals surface area contributed by atoms with Crippen molar-refractivity contribution in [3.05, 3.63) is 48.4 Å². The summed E-state index contributed by atoms with van der Waals surface area (Å²) in [5.74, 6) is -1.66. The van der Waals surface area contributed by atoms with E-state index in [-0.39, 0.29) is 29.7 Å². The van der Waals surface area contributed by atoms with Gasteiger partial charge in [0, 0.05) is 36.6 Å². The Morgan fingerprint density at radius 1 is 1.08 bits per heavy atom. The molecule has 3 aromatic heterocycles. The minimum atomic E-state index is -1.12. The SMILES string of the molecule is CC(C)Cn1cc(-c2cnc(N)c(-c3nnnn3-c3ccc(OCCN4CCCC4)c(F)c3F)c2)cn1. The van der Waals surface area contributed by atoms with Crippen molar-refractivity contribution in [2.75, 3.05) is 32.0 Å². The second-order valence-electron chi connectivity index (χ2n) is 9.52. The van der Waals surface area contributed by atoms with E-state index in [0.717, 1.165) is 48.3 Å². The van der Waals surface area contributed by atoms with Crippen molar-refractivity contribution in [3.8, 4) is 34.0 Å². The smallest absolute Gasteiger partial charge is 0.202 e. The third-order valence-electron chi connectivity index (χ3n) is 6.27. The summed E-state index contributed by atoms with van der Waals surface area (Å²) in [6, 6.07) is 4.52. The maximum atomic E-state index is 15.2. The zero-order valence-electron chi connectivity index (χ0n) is 20.8. The van der Waals surface area contributed by atoms with E-state index in [1.165, 1.54) is 12.1 Å². The van der Waals surface area contributed by atoms with Gasteiger partial charge in [0.05, 0.1) is 11.8 Å². The van der Waals surface area contributed by atoms with Crippen LogP contribution in [-0.2, 0) is 6.54 Å². The van der Waals surface area contributed by atoms with Gasteiger partial charge in [-0.1, -0.05) is 13.8 Å². The summed E-state index contributed by atoms with van der Waals surface area (Å²) >= 11 is 0. The molecule has 1 saturated heterocycles. The van der Waals surface area contributed by atoms with Crippen LogP contribution in [0.25, 0.3) is 28.2 Å². The largest absolute Gasteiger partial charge is 0.489 e. The van der Waals surface area contributed by atoms with Crippen LogP contribution in [0.4, 0.5) is 14.6 Å². The Morgan fingerprint density at radius 3 is 2.68 bits per heavy atom.